The van der Waals surface area contributed by atoms with Crippen LogP contribution in [0.3, 0.4) is 0 Å². The van der Waals surface area contributed by atoms with Gasteiger partial charge in [0.05, 0.1) is 6.10 Å². The SMILES string of the molecule is Cc1c(CCC(=O)NC[C@H](C)O)c(=O)oc2cc(O)ccc12. The fraction of sp³-hybridized carbons (Fsp3) is 0.375. The lowest BCUT2D eigenvalue weighted by Crippen LogP contribution is -2.31. The van der Waals surface area contributed by atoms with Crippen LogP contribution in [0.1, 0.15) is 24.5 Å². The van der Waals surface area contributed by atoms with Crippen molar-refractivity contribution in [3.05, 3.63) is 39.7 Å². The third kappa shape index (κ3) is 3.65. The quantitative estimate of drug-likeness (QED) is 0.722. The van der Waals surface area contributed by atoms with Gasteiger partial charge in [0.1, 0.15) is 11.3 Å². The van der Waals surface area contributed by atoms with Gasteiger partial charge in [-0.1, -0.05) is 0 Å². The van der Waals surface area contributed by atoms with E-state index in [-0.39, 0.29) is 31.0 Å². The highest BCUT2D eigenvalue weighted by molar-refractivity contribution is 5.82. The maximum Gasteiger partial charge on any atom is 0.339 e. The minimum absolute atomic E-state index is 0.0281. The minimum Gasteiger partial charge on any atom is -0.508 e. The Morgan fingerprint density at radius 1 is 1.41 bits per heavy atom. The number of aliphatic hydroxyl groups is 1. The molecule has 1 heterocycles. The van der Waals surface area contributed by atoms with Gasteiger partial charge in [-0.2, -0.15) is 0 Å². The largest absolute Gasteiger partial charge is 0.508 e. The number of fused-ring (bicyclic) bond motifs is 1. The number of benzene rings is 1. The van der Waals surface area contributed by atoms with E-state index in [1.54, 1.807) is 19.9 Å². The molecule has 0 spiro atoms. The normalized spacial score (nSPS) is 12.3. The molecule has 0 radical (unpaired) electrons. The number of carbonyl (C=O) groups excluding carboxylic acids is 1. The number of phenols is 1. The van der Waals surface area contributed by atoms with Crippen LogP contribution in [-0.4, -0.2) is 28.8 Å². The number of aliphatic hydroxyl groups excluding tert-OH is 1. The molecule has 0 aliphatic rings. The van der Waals surface area contributed by atoms with Gasteiger partial charge in [0.2, 0.25) is 5.91 Å². The second-order valence-corrected chi connectivity index (χ2v) is 5.33. The highest BCUT2D eigenvalue weighted by Crippen LogP contribution is 2.23. The molecule has 22 heavy (non-hydrogen) atoms. The first-order chi connectivity index (χ1) is 10.4. The molecule has 0 fully saturated rings. The highest BCUT2D eigenvalue weighted by atomic mass is 16.4. The Morgan fingerprint density at radius 2 is 2.14 bits per heavy atom. The first-order valence-corrected chi connectivity index (χ1v) is 7.08. The third-order valence-electron chi connectivity index (χ3n) is 3.47. The van der Waals surface area contributed by atoms with Gasteiger partial charge in [0.25, 0.3) is 0 Å². The molecule has 6 heteroatoms. The van der Waals surface area contributed by atoms with Crippen molar-refractivity contribution in [3.63, 3.8) is 0 Å². The monoisotopic (exact) mass is 305 g/mol. The summed E-state index contributed by atoms with van der Waals surface area (Å²) >= 11 is 0. The summed E-state index contributed by atoms with van der Waals surface area (Å²) < 4.78 is 5.20. The summed E-state index contributed by atoms with van der Waals surface area (Å²) in [4.78, 5) is 23.7. The molecule has 1 aromatic heterocycles. The van der Waals surface area contributed by atoms with Gasteiger partial charge in [0, 0.05) is 30.0 Å². The van der Waals surface area contributed by atoms with E-state index < -0.39 is 11.7 Å². The lowest BCUT2D eigenvalue weighted by atomic mass is 10.0. The van der Waals surface area contributed by atoms with Crippen molar-refractivity contribution in [2.24, 2.45) is 0 Å². The van der Waals surface area contributed by atoms with Crippen LogP contribution in [0.4, 0.5) is 0 Å². The van der Waals surface area contributed by atoms with Gasteiger partial charge in [0.15, 0.2) is 0 Å². The van der Waals surface area contributed by atoms with E-state index in [0.29, 0.717) is 11.1 Å². The molecule has 2 rings (SSSR count). The minimum atomic E-state index is -0.607. The zero-order valence-corrected chi connectivity index (χ0v) is 12.5. The Balaban J connectivity index is 2.19. The molecule has 0 aliphatic heterocycles. The Hall–Kier alpha value is -2.34. The molecule has 1 aromatic carbocycles. The predicted octanol–water partition coefficient (Wildman–Crippen LogP) is 1.24. The van der Waals surface area contributed by atoms with Crippen LogP contribution in [0.25, 0.3) is 11.0 Å². The average Bonchev–Trinajstić information content (AvgIpc) is 2.44. The van der Waals surface area contributed by atoms with Crippen LogP contribution in [0.15, 0.2) is 27.4 Å². The molecular formula is C16H19NO5. The molecule has 0 saturated carbocycles. The smallest absolute Gasteiger partial charge is 0.339 e. The van der Waals surface area contributed by atoms with Gasteiger partial charge >= 0.3 is 5.63 Å². The van der Waals surface area contributed by atoms with Crippen LogP contribution >= 0.6 is 0 Å². The van der Waals surface area contributed by atoms with Gasteiger partial charge in [-0.15, -0.1) is 0 Å². The van der Waals surface area contributed by atoms with Crippen molar-refractivity contribution >= 4 is 16.9 Å². The van der Waals surface area contributed by atoms with Crippen molar-refractivity contribution in [3.8, 4) is 5.75 Å². The molecule has 0 unspecified atom stereocenters. The zero-order chi connectivity index (χ0) is 16.3. The van der Waals surface area contributed by atoms with Crippen LogP contribution < -0.4 is 10.9 Å². The van der Waals surface area contributed by atoms with E-state index in [4.69, 9.17) is 9.52 Å². The summed E-state index contributed by atoms with van der Waals surface area (Å²) in [6.45, 7) is 3.56. The van der Waals surface area contributed by atoms with Crippen molar-refractivity contribution in [2.75, 3.05) is 6.54 Å². The Morgan fingerprint density at radius 3 is 2.82 bits per heavy atom. The molecule has 1 atom stereocenters. The first-order valence-electron chi connectivity index (χ1n) is 7.08. The Kier molecular flexibility index (Phi) is 4.82. The maximum absolute atomic E-state index is 12.0. The number of nitrogens with one attached hydrogen (secondary N) is 1. The van der Waals surface area contributed by atoms with E-state index in [2.05, 4.69) is 5.32 Å². The summed E-state index contributed by atoms with van der Waals surface area (Å²) in [6.07, 6.45) is -0.206. The molecule has 0 saturated heterocycles. The second-order valence-electron chi connectivity index (χ2n) is 5.33. The van der Waals surface area contributed by atoms with Gasteiger partial charge in [-0.05, 0) is 38.0 Å². The summed E-state index contributed by atoms with van der Waals surface area (Å²) in [5.74, 6) is -0.203. The lowest BCUT2D eigenvalue weighted by Gasteiger charge is -2.09. The molecule has 0 bridgehead atoms. The number of amides is 1. The van der Waals surface area contributed by atoms with Crippen LogP contribution in [-0.2, 0) is 11.2 Å². The van der Waals surface area contributed by atoms with E-state index in [0.717, 1.165) is 10.9 Å². The van der Waals surface area contributed by atoms with Crippen LogP contribution in [0.5, 0.6) is 5.75 Å². The number of hydrogen-bond acceptors (Lipinski definition) is 5. The van der Waals surface area contributed by atoms with Crippen molar-refractivity contribution in [1.82, 2.24) is 5.32 Å². The molecule has 0 aliphatic carbocycles. The molecular weight excluding hydrogens is 286 g/mol. The van der Waals surface area contributed by atoms with Crippen LogP contribution in [0, 0.1) is 6.92 Å². The molecule has 1 amide bonds. The molecule has 3 N–H and O–H groups in total. The standard InChI is InChI=1S/C16H19NO5/c1-9(18)8-17-15(20)6-5-13-10(2)12-4-3-11(19)7-14(12)22-16(13)21/h3-4,7,9,18-19H,5-6,8H2,1-2H3,(H,17,20)/t9-/m0/s1. The maximum atomic E-state index is 12.0. The zero-order valence-electron chi connectivity index (χ0n) is 12.5. The highest BCUT2D eigenvalue weighted by Gasteiger charge is 2.13. The first kappa shape index (κ1) is 16.0. The molecule has 6 nitrogen and oxygen atoms in total. The van der Waals surface area contributed by atoms with E-state index >= 15 is 0 Å². The van der Waals surface area contributed by atoms with Crippen molar-refractivity contribution < 1.29 is 19.4 Å². The Labute approximate surface area is 127 Å². The lowest BCUT2D eigenvalue weighted by molar-refractivity contribution is -0.121. The number of carbonyl (C=O) groups is 1. The molecule has 2 aromatic rings. The fourth-order valence-corrected chi connectivity index (χ4v) is 2.26. The van der Waals surface area contributed by atoms with E-state index in [1.807, 2.05) is 0 Å². The summed E-state index contributed by atoms with van der Waals surface area (Å²) in [5.41, 5.74) is 1.02. The summed E-state index contributed by atoms with van der Waals surface area (Å²) in [5, 5.41) is 21.9. The fourth-order valence-electron chi connectivity index (χ4n) is 2.26. The second kappa shape index (κ2) is 6.62. The Bertz CT molecular complexity index is 748. The number of phenolic OH excluding ortho intramolecular Hbond substituents is 1. The number of aryl methyl sites for hydroxylation is 1. The van der Waals surface area contributed by atoms with Crippen molar-refractivity contribution in [1.29, 1.82) is 0 Å². The van der Waals surface area contributed by atoms with E-state index in [1.165, 1.54) is 12.1 Å². The number of rotatable bonds is 5. The van der Waals surface area contributed by atoms with Crippen LogP contribution in [0.2, 0.25) is 0 Å². The van der Waals surface area contributed by atoms with Gasteiger partial charge < -0.3 is 19.9 Å². The molecule has 118 valence electrons. The van der Waals surface area contributed by atoms with E-state index in [9.17, 15) is 14.7 Å². The third-order valence-corrected chi connectivity index (χ3v) is 3.47. The topological polar surface area (TPSA) is 99.8 Å². The number of aromatic hydroxyl groups is 1. The van der Waals surface area contributed by atoms with Crippen molar-refractivity contribution in [2.45, 2.75) is 32.8 Å². The average molecular weight is 305 g/mol. The van der Waals surface area contributed by atoms with Gasteiger partial charge in [-0.3, -0.25) is 4.79 Å². The van der Waals surface area contributed by atoms with Gasteiger partial charge in [-0.25, -0.2) is 4.79 Å². The summed E-state index contributed by atoms with van der Waals surface area (Å²) in [6, 6.07) is 4.59. The summed E-state index contributed by atoms with van der Waals surface area (Å²) in [7, 11) is 0. The number of hydrogen-bond donors (Lipinski definition) is 3. The predicted molar refractivity (Wildman–Crippen MR) is 81.9 cm³/mol.